The fourth-order valence-corrected chi connectivity index (χ4v) is 5.84. The zero-order valence-corrected chi connectivity index (χ0v) is 19.5. The Kier molecular flexibility index (Phi) is 8.34. The van der Waals surface area contributed by atoms with E-state index in [1.54, 1.807) is 7.11 Å². The lowest BCUT2D eigenvalue weighted by molar-refractivity contribution is -0.123. The summed E-state index contributed by atoms with van der Waals surface area (Å²) < 4.78 is 18.0. The summed E-state index contributed by atoms with van der Waals surface area (Å²) in [7, 11) is 6.06. The number of nitrogens with zero attached hydrogens (tertiary/aromatic N) is 2. The lowest BCUT2D eigenvalue weighted by atomic mass is 9.73. The molecule has 1 aromatic carbocycles. The quantitative estimate of drug-likeness (QED) is 0.634. The fourth-order valence-electron chi connectivity index (χ4n) is 5.84. The van der Waals surface area contributed by atoms with Crippen molar-refractivity contribution in [3.63, 3.8) is 0 Å². The van der Waals surface area contributed by atoms with Gasteiger partial charge in [-0.3, -0.25) is 14.5 Å². The van der Waals surface area contributed by atoms with E-state index in [4.69, 9.17) is 34.0 Å². The van der Waals surface area contributed by atoms with Crippen LogP contribution in [0.4, 0.5) is 0 Å². The molecule has 3 saturated heterocycles. The highest BCUT2D eigenvalue weighted by atomic mass is 16.5. The van der Waals surface area contributed by atoms with E-state index in [0.717, 1.165) is 43.2 Å². The Labute approximate surface area is 194 Å². The zero-order chi connectivity index (χ0) is 24.0. The van der Waals surface area contributed by atoms with E-state index in [0.29, 0.717) is 24.5 Å². The molecule has 182 valence electrons. The highest BCUT2D eigenvalue weighted by Gasteiger charge is 2.62. The van der Waals surface area contributed by atoms with Crippen LogP contribution in [0.25, 0.3) is 6.08 Å². The molecule has 0 aliphatic carbocycles. The fraction of sp³-hybridized carbons (Fsp3) is 0.583. The van der Waals surface area contributed by atoms with Crippen molar-refractivity contribution in [1.82, 2.24) is 9.80 Å². The van der Waals surface area contributed by atoms with Crippen LogP contribution < -0.4 is 9.47 Å². The maximum atomic E-state index is 8.36. The Morgan fingerprint density at radius 1 is 1.27 bits per heavy atom. The molecule has 0 saturated carbocycles. The molecule has 9 heteroatoms. The van der Waals surface area contributed by atoms with Gasteiger partial charge in [0.15, 0.2) is 11.5 Å². The number of carbonyl (C=O) groups is 2. The van der Waals surface area contributed by atoms with Crippen LogP contribution >= 0.6 is 0 Å². The van der Waals surface area contributed by atoms with Crippen LogP contribution in [0.5, 0.6) is 11.5 Å². The highest BCUT2D eigenvalue weighted by molar-refractivity contribution is 5.66. The number of ether oxygens (including phenoxy) is 3. The largest absolute Gasteiger partial charge is 0.493 e. The van der Waals surface area contributed by atoms with Crippen LogP contribution in [0.2, 0.25) is 0 Å². The van der Waals surface area contributed by atoms with Crippen molar-refractivity contribution >= 4 is 19.0 Å². The number of fused-ring (bicyclic) bond motifs is 2. The smallest absolute Gasteiger partial charge is 0.290 e. The lowest BCUT2D eigenvalue weighted by Gasteiger charge is -2.31. The van der Waals surface area contributed by atoms with Crippen molar-refractivity contribution in [2.75, 3.05) is 54.0 Å². The Morgan fingerprint density at radius 3 is 2.67 bits per heavy atom. The SMILES string of the molecule is COc1cccc2c1OCC(CN1C[C@@H]3[C@H](CN(C)C)[C@H]4CC[C@]3(C1)O4)=C2.O=CO.O=CO. The summed E-state index contributed by atoms with van der Waals surface area (Å²) in [6.07, 6.45) is 5.24. The summed E-state index contributed by atoms with van der Waals surface area (Å²) in [5.41, 5.74) is 2.57. The van der Waals surface area contributed by atoms with Gasteiger partial charge in [-0.2, -0.15) is 0 Å². The third-order valence-corrected chi connectivity index (χ3v) is 6.85. The van der Waals surface area contributed by atoms with Gasteiger partial charge in [0.1, 0.15) is 6.61 Å². The predicted octanol–water partition coefficient (Wildman–Crippen LogP) is 1.91. The normalized spacial score (nSPS) is 28.8. The van der Waals surface area contributed by atoms with Gasteiger partial charge < -0.3 is 29.3 Å². The minimum Gasteiger partial charge on any atom is -0.493 e. The van der Waals surface area contributed by atoms with Crippen molar-refractivity contribution in [3.05, 3.63) is 29.3 Å². The van der Waals surface area contributed by atoms with Gasteiger partial charge in [0.05, 0.1) is 18.8 Å². The molecule has 9 nitrogen and oxygen atoms in total. The molecule has 4 heterocycles. The molecular formula is C24H34N2O7. The molecule has 0 unspecified atom stereocenters. The number of likely N-dealkylation sites (tertiary alicyclic amines) is 1. The van der Waals surface area contributed by atoms with Crippen LogP contribution in [0.15, 0.2) is 23.8 Å². The molecule has 4 aliphatic heterocycles. The van der Waals surface area contributed by atoms with Gasteiger partial charge >= 0.3 is 0 Å². The Bertz CT molecular complexity index is 853. The van der Waals surface area contributed by atoms with Gasteiger partial charge in [-0.05, 0) is 44.7 Å². The van der Waals surface area contributed by atoms with E-state index in [2.05, 4.69) is 36.0 Å². The molecule has 0 radical (unpaired) electrons. The molecule has 5 rings (SSSR count). The average Bonchev–Trinajstić information content (AvgIpc) is 3.43. The van der Waals surface area contributed by atoms with Crippen molar-refractivity contribution in [3.8, 4) is 11.5 Å². The first-order valence-electron chi connectivity index (χ1n) is 11.1. The molecule has 1 spiro atoms. The van der Waals surface area contributed by atoms with E-state index in [-0.39, 0.29) is 18.5 Å². The second-order valence-electron chi connectivity index (χ2n) is 9.14. The molecule has 33 heavy (non-hydrogen) atoms. The monoisotopic (exact) mass is 462 g/mol. The van der Waals surface area contributed by atoms with Crippen molar-refractivity contribution in [2.24, 2.45) is 11.8 Å². The Hall–Kier alpha value is -2.62. The maximum absolute atomic E-state index is 8.36. The molecule has 2 bridgehead atoms. The third kappa shape index (κ3) is 5.31. The van der Waals surface area contributed by atoms with Gasteiger partial charge in [-0.25, -0.2) is 0 Å². The van der Waals surface area contributed by atoms with Gasteiger partial charge in [-0.15, -0.1) is 0 Å². The predicted molar refractivity (Wildman–Crippen MR) is 123 cm³/mol. The standard InChI is InChI=1S/C22H30N2O3.2CH2O2/c1-23(2)11-17-18-12-24(14-22(18)8-7-19(17)27-22)10-15-9-16-5-4-6-20(25-3)21(16)26-13-15;2*2-1-3/h4-6,9,17-19H,7-8,10-14H2,1-3H3;2*1H,(H,2,3)/t17-,18+,19+,22+;;/m0../s1. The highest BCUT2D eigenvalue weighted by Crippen LogP contribution is 2.55. The average molecular weight is 463 g/mol. The summed E-state index contributed by atoms with van der Waals surface area (Å²) in [6, 6.07) is 6.08. The summed E-state index contributed by atoms with van der Waals surface area (Å²) in [5.74, 6) is 3.04. The molecule has 1 aromatic rings. The number of rotatable bonds is 5. The van der Waals surface area contributed by atoms with Gasteiger partial charge in [0.25, 0.3) is 12.9 Å². The Morgan fingerprint density at radius 2 is 2.00 bits per heavy atom. The molecule has 2 N–H and O–H groups in total. The molecule has 4 atom stereocenters. The van der Waals surface area contributed by atoms with Crippen LogP contribution in [0.1, 0.15) is 18.4 Å². The zero-order valence-electron chi connectivity index (χ0n) is 19.5. The molecule has 0 aromatic heterocycles. The summed E-state index contributed by atoms with van der Waals surface area (Å²) >= 11 is 0. The van der Waals surface area contributed by atoms with E-state index in [1.165, 1.54) is 18.4 Å². The molecule has 0 amide bonds. The summed E-state index contributed by atoms with van der Waals surface area (Å²) in [4.78, 5) is 21.6. The summed E-state index contributed by atoms with van der Waals surface area (Å²) in [5, 5.41) is 13.8. The number of hydrogen-bond acceptors (Lipinski definition) is 7. The summed E-state index contributed by atoms with van der Waals surface area (Å²) in [6.45, 7) is 4.48. The molecule has 3 fully saturated rings. The lowest BCUT2D eigenvalue weighted by Crippen LogP contribution is -2.40. The number of para-hydroxylation sites is 1. The van der Waals surface area contributed by atoms with E-state index in [9.17, 15) is 0 Å². The van der Waals surface area contributed by atoms with Gasteiger partial charge in [0, 0.05) is 43.6 Å². The number of benzene rings is 1. The first kappa shape index (κ1) is 25.0. The second-order valence-corrected chi connectivity index (χ2v) is 9.14. The third-order valence-electron chi connectivity index (χ3n) is 6.85. The minimum atomic E-state index is -0.250. The van der Waals surface area contributed by atoms with E-state index < -0.39 is 0 Å². The first-order chi connectivity index (χ1) is 15.9. The van der Waals surface area contributed by atoms with E-state index in [1.807, 2.05) is 12.1 Å². The number of methoxy groups -OCH3 is 1. The van der Waals surface area contributed by atoms with Gasteiger partial charge in [0.2, 0.25) is 0 Å². The van der Waals surface area contributed by atoms with Gasteiger partial charge in [-0.1, -0.05) is 12.1 Å². The van der Waals surface area contributed by atoms with Crippen LogP contribution in [-0.4, -0.2) is 98.7 Å². The number of hydrogen-bond donors (Lipinski definition) is 2. The molecular weight excluding hydrogens is 428 g/mol. The van der Waals surface area contributed by atoms with Crippen LogP contribution in [0.3, 0.4) is 0 Å². The Balaban J connectivity index is 0.000000464. The van der Waals surface area contributed by atoms with Crippen LogP contribution in [0, 0.1) is 11.8 Å². The van der Waals surface area contributed by atoms with E-state index >= 15 is 0 Å². The topological polar surface area (TPSA) is 109 Å². The minimum absolute atomic E-state index is 0.114. The van der Waals surface area contributed by atoms with Crippen LogP contribution in [-0.2, 0) is 14.3 Å². The maximum Gasteiger partial charge on any atom is 0.290 e. The molecule has 4 aliphatic rings. The number of carboxylic acid groups (broad SMARTS) is 2. The van der Waals surface area contributed by atoms with Crippen molar-refractivity contribution < 1.29 is 34.0 Å². The second kappa shape index (κ2) is 11.0. The first-order valence-corrected chi connectivity index (χ1v) is 11.1. The van der Waals surface area contributed by atoms with Crippen molar-refractivity contribution in [1.29, 1.82) is 0 Å². The van der Waals surface area contributed by atoms with Crippen molar-refractivity contribution in [2.45, 2.75) is 24.5 Å².